The van der Waals surface area contributed by atoms with Crippen LogP contribution in [0.25, 0.3) is 0 Å². The molecule has 3 nitrogen and oxygen atoms in total. The highest BCUT2D eigenvalue weighted by Gasteiger charge is 2.26. The van der Waals surface area contributed by atoms with Gasteiger partial charge in [0.25, 0.3) is 0 Å². The van der Waals surface area contributed by atoms with Crippen LogP contribution in [0.15, 0.2) is 16.6 Å². The first-order valence-electron chi connectivity index (χ1n) is 5.34. The van der Waals surface area contributed by atoms with E-state index < -0.39 is 5.54 Å². The van der Waals surface area contributed by atoms with E-state index in [0.717, 1.165) is 0 Å². The molecule has 0 saturated carbocycles. The molecule has 0 aromatic heterocycles. The van der Waals surface area contributed by atoms with E-state index in [1.807, 2.05) is 6.92 Å². The summed E-state index contributed by atoms with van der Waals surface area (Å²) in [6.45, 7) is 5.23. The Kier molecular flexibility index (Phi) is 4.27. The minimum Gasteiger partial charge on any atom is -0.324 e. The van der Waals surface area contributed by atoms with Gasteiger partial charge in [-0.15, -0.1) is 0 Å². The number of aryl methyl sites for hydroxylation is 1. The Balaban J connectivity index is 2.97. The van der Waals surface area contributed by atoms with Crippen molar-refractivity contribution in [2.75, 3.05) is 5.32 Å². The van der Waals surface area contributed by atoms with Crippen molar-refractivity contribution in [2.45, 2.75) is 32.7 Å². The van der Waals surface area contributed by atoms with Crippen molar-refractivity contribution in [2.24, 2.45) is 5.73 Å². The minimum atomic E-state index is -0.923. The monoisotopic (exact) mass is 302 g/mol. The third kappa shape index (κ3) is 3.26. The maximum Gasteiger partial charge on any atom is 0.244 e. The highest BCUT2D eigenvalue weighted by Crippen LogP contribution is 2.25. The Morgan fingerprint density at radius 1 is 1.59 bits per heavy atom. The lowest BCUT2D eigenvalue weighted by Gasteiger charge is -2.22. The molecular formula is C12H16BrFN2O. The van der Waals surface area contributed by atoms with E-state index in [-0.39, 0.29) is 11.7 Å². The first kappa shape index (κ1) is 14.1. The number of anilines is 1. The lowest BCUT2D eigenvalue weighted by atomic mass is 9.99. The fraction of sp³-hybridized carbons (Fsp3) is 0.417. The number of benzene rings is 1. The van der Waals surface area contributed by atoms with E-state index in [2.05, 4.69) is 21.2 Å². The number of hydrogen-bond donors (Lipinski definition) is 2. The van der Waals surface area contributed by atoms with Crippen molar-refractivity contribution in [3.05, 3.63) is 28.0 Å². The first-order valence-corrected chi connectivity index (χ1v) is 6.13. The summed E-state index contributed by atoms with van der Waals surface area (Å²) in [4.78, 5) is 11.9. The number of hydrogen-bond acceptors (Lipinski definition) is 2. The smallest absolute Gasteiger partial charge is 0.244 e. The summed E-state index contributed by atoms with van der Waals surface area (Å²) < 4.78 is 13.5. The van der Waals surface area contributed by atoms with Gasteiger partial charge in [-0.1, -0.05) is 6.92 Å². The largest absolute Gasteiger partial charge is 0.324 e. The third-order valence-corrected chi connectivity index (χ3v) is 3.38. The van der Waals surface area contributed by atoms with Crippen molar-refractivity contribution in [3.8, 4) is 0 Å². The topological polar surface area (TPSA) is 55.1 Å². The van der Waals surface area contributed by atoms with Gasteiger partial charge in [-0.05, 0) is 53.9 Å². The second-order valence-electron chi connectivity index (χ2n) is 4.31. The normalized spacial score (nSPS) is 14.2. The molecule has 0 aliphatic rings. The molecular weight excluding hydrogens is 287 g/mol. The van der Waals surface area contributed by atoms with E-state index >= 15 is 0 Å². The van der Waals surface area contributed by atoms with Crippen LogP contribution in [0, 0.1) is 12.7 Å². The molecule has 5 heteroatoms. The molecule has 1 amide bonds. The summed E-state index contributed by atoms with van der Waals surface area (Å²) in [5, 5.41) is 2.71. The Bertz CT molecular complexity index is 446. The Morgan fingerprint density at radius 2 is 2.18 bits per heavy atom. The maximum atomic E-state index is 13.2. The molecule has 0 spiro atoms. The van der Waals surface area contributed by atoms with Crippen LogP contribution in [-0.4, -0.2) is 11.4 Å². The summed E-state index contributed by atoms with van der Waals surface area (Å²) in [5.74, 6) is -0.631. The zero-order chi connectivity index (χ0) is 13.2. The second-order valence-corrected chi connectivity index (χ2v) is 5.16. The van der Waals surface area contributed by atoms with Gasteiger partial charge in [-0.25, -0.2) is 4.39 Å². The van der Waals surface area contributed by atoms with E-state index in [1.165, 1.54) is 12.1 Å². The van der Waals surface area contributed by atoms with E-state index in [1.54, 1.807) is 13.8 Å². The van der Waals surface area contributed by atoms with Gasteiger partial charge in [0.15, 0.2) is 0 Å². The van der Waals surface area contributed by atoms with Gasteiger partial charge < -0.3 is 11.1 Å². The maximum absolute atomic E-state index is 13.2. The van der Waals surface area contributed by atoms with Crippen LogP contribution in [0.2, 0.25) is 0 Å². The Morgan fingerprint density at radius 3 is 2.71 bits per heavy atom. The van der Waals surface area contributed by atoms with Crippen LogP contribution in [0.4, 0.5) is 10.1 Å². The van der Waals surface area contributed by atoms with Crippen molar-refractivity contribution in [1.82, 2.24) is 0 Å². The molecule has 0 fully saturated rings. The lowest BCUT2D eigenvalue weighted by Crippen LogP contribution is -2.47. The van der Waals surface area contributed by atoms with E-state index in [9.17, 15) is 9.18 Å². The van der Waals surface area contributed by atoms with Crippen LogP contribution in [0.5, 0.6) is 0 Å². The second kappa shape index (κ2) is 5.14. The molecule has 0 aliphatic heterocycles. The quantitative estimate of drug-likeness (QED) is 0.902. The highest BCUT2D eigenvalue weighted by atomic mass is 79.9. The molecule has 1 aromatic rings. The van der Waals surface area contributed by atoms with Crippen LogP contribution < -0.4 is 11.1 Å². The Hall–Kier alpha value is -0.940. The van der Waals surface area contributed by atoms with Gasteiger partial charge in [0, 0.05) is 5.69 Å². The third-order valence-electron chi connectivity index (χ3n) is 2.77. The molecule has 1 atom stereocenters. The molecule has 1 unspecified atom stereocenters. The van der Waals surface area contributed by atoms with Gasteiger partial charge in [0.2, 0.25) is 5.91 Å². The molecule has 3 N–H and O–H groups in total. The summed E-state index contributed by atoms with van der Waals surface area (Å²) in [6, 6.07) is 2.90. The number of carbonyl (C=O) groups excluding carboxylic acids is 1. The number of halogens is 2. The fourth-order valence-electron chi connectivity index (χ4n) is 1.21. The molecule has 0 heterocycles. The van der Waals surface area contributed by atoms with Gasteiger partial charge in [0.05, 0.1) is 10.0 Å². The van der Waals surface area contributed by atoms with Crippen LogP contribution >= 0.6 is 15.9 Å². The molecule has 0 bridgehead atoms. The van der Waals surface area contributed by atoms with Crippen molar-refractivity contribution in [3.63, 3.8) is 0 Å². The SMILES string of the molecule is CCC(C)(N)C(=O)Nc1cc(Br)c(F)cc1C. The van der Waals surface area contributed by atoms with Gasteiger partial charge in [-0.2, -0.15) is 0 Å². The average molecular weight is 303 g/mol. The highest BCUT2D eigenvalue weighted by molar-refractivity contribution is 9.10. The fourth-order valence-corrected chi connectivity index (χ4v) is 1.55. The predicted octanol–water partition coefficient (Wildman–Crippen LogP) is 2.96. The molecule has 0 radical (unpaired) electrons. The molecule has 94 valence electrons. The molecule has 0 aliphatic carbocycles. The zero-order valence-electron chi connectivity index (χ0n) is 10.1. The molecule has 1 aromatic carbocycles. The summed E-state index contributed by atoms with van der Waals surface area (Å²) in [6.07, 6.45) is 0.528. The number of nitrogens with one attached hydrogen (secondary N) is 1. The minimum absolute atomic E-state index is 0.276. The van der Waals surface area contributed by atoms with Gasteiger partial charge in [-0.3, -0.25) is 4.79 Å². The number of amides is 1. The molecule has 17 heavy (non-hydrogen) atoms. The van der Waals surface area contributed by atoms with E-state index in [0.29, 0.717) is 22.1 Å². The van der Waals surface area contributed by atoms with Crippen molar-refractivity contribution in [1.29, 1.82) is 0 Å². The van der Waals surface area contributed by atoms with E-state index in [4.69, 9.17) is 5.73 Å². The molecule has 0 saturated heterocycles. The Labute approximate surface area is 109 Å². The summed E-state index contributed by atoms with van der Waals surface area (Å²) in [5.41, 5.74) is 6.13. The van der Waals surface area contributed by atoms with Crippen molar-refractivity contribution >= 4 is 27.5 Å². The number of rotatable bonds is 3. The average Bonchev–Trinajstić information content (AvgIpc) is 2.25. The van der Waals surface area contributed by atoms with Crippen LogP contribution in [-0.2, 0) is 4.79 Å². The summed E-state index contributed by atoms with van der Waals surface area (Å²) in [7, 11) is 0. The lowest BCUT2D eigenvalue weighted by molar-refractivity contribution is -0.120. The molecule has 1 rings (SSSR count). The first-order chi connectivity index (χ1) is 7.77. The standard InChI is InChI=1S/C12H16BrFN2O/c1-4-12(3,15)11(17)16-10-6-8(13)9(14)5-7(10)2/h5-6H,4,15H2,1-3H3,(H,16,17). The number of nitrogens with two attached hydrogens (primary N) is 1. The van der Waals surface area contributed by atoms with Crippen LogP contribution in [0.1, 0.15) is 25.8 Å². The number of carbonyl (C=O) groups is 1. The van der Waals surface area contributed by atoms with Crippen molar-refractivity contribution < 1.29 is 9.18 Å². The van der Waals surface area contributed by atoms with Gasteiger partial charge in [0.1, 0.15) is 5.82 Å². The predicted molar refractivity (Wildman–Crippen MR) is 70.4 cm³/mol. The van der Waals surface area contributed by atoms with Crippen LogP contribution in [0.3, 0.4) is 0 Å². The van der Waals surface area contributed by atoms with Gasteiger partial charge >= 0.3 is 0 Å². The zero-order valence-corrected chi connectivity index (χ0v) is 11.7. The summed E-state index contributed by atoms with van der Waals surface area (Å²) >= 11 is 3.08.